The lowest BCUT2D eigenvalue weighted by molar-refractivity contribution is -0.125. The van der Waals surface area contributed by atoms with Crippen molar-refractivity contribution in [3.05, 3.63) is 0 Å². The predicted octanol–water partition coefficient (Wildman–Crippen LogP) is -1.62. The van der Waals surface area contributed by atoms with Crippen molar-refractivity contribution in [2.75, 3.05) is 18.8 Å². The highest BCUT2D eigenvalue weighted by atomic mass is 32.2. The van der Waals surface area contributed by atoms with E-state index >= 15 is 0 Å². The number of hydrogen-bond donors (Lipinski definition) is 3. The molecule has 0 aliphatic rings. The number of rotatable bonds is 6. The minimum absolute atomic E-state index is 0.151. The molecule has 0 spiro atoms. The van der Waals surface area contributed by atoms with Crippen LogP contribution < -0.4 is 16.2 Å². The quantitative estimate of drug-likeness (QED) is 0.469. The molecular formula is C7H17N3O3S. The van der Waals surface area contributed by atoms with E-state index < -0.39 is 21.3 Å². The first kappa shape index (κ1) is 13.3. The molecule has 7 heteroatoms. The van der Waals surface area contributed by atoms with Gasteiger partial charge >= 0.3 is 0 Å². The van der Waals surface area contributed by atoms with Crippen molar-refractivity contribution in [2.45, 2.75) is 13.8 Å². The Morgan fingerprint density at radius 1 is 1.43 bits per heavy atom. The van der Waals surface area contributed by atoms with E-state index in [0.29, 0.717) is 6.54 Å². The second-order valence-corrected chi connectivity index (χ2v) is 5.53. The van der Waals surface area contributed by atoms with Crippen LogP contribution in [-0.2, 0) is 14.8 Å². The van der Waals surface area contributed by atoms with Crippen LogP contribution in [0.25, 0.3) is 0 Å². The molecule has 0 fully saturated rings. The topological polar surface area (TPSA) is 115 Å². The van der Waals surface area contributed by atoms with Crippen LogP contribution in [0, 0.1) is 5.41 Å². The van der Waals surface area contributed by atoms with Gasteiger partial charge in [-0.1, -0.05) is 0 Å². The van der Waals surface area contributed by atoms with Crippen LogP contribution in [0.4, 0.5) is 0 Å². The van der Waals surface area contributed by atoms with Crippen molar-refractivity contribution in [3.63, 3.8) is 0 Å². The Morgan fingerprint density at radius 2 is 1.93 bits per heavy atom. The third-order valence-corrected chi connectivity index (χ3v) is 2.57. The van der Waals surface area contributed by atoms with Crippen molar-refractivity contribution in [2.24, 2.45) is 16.3 Å². The van der Waals surface area contributed by atoms with Gasteiger partial charge in [0, 0.05) is 13.1 Å². The van der Waals surface area contributed by atoms with Crippen molar-refractivity contribution >= 4 is 15.9 Å². The first-order chi connectivity index (χ1) is 6.15. The van der Waals surface area contributed by atoms with E-state index in [2.05, 4.69) is 5.32 Å². The molecule has 0 saturated heterocycles. The molecule has 0 bridgehead atoms. The molecule has 0 unspecified atom stereocenters. The summed E-state index contributed by atoms with van der Waals surface area (Å²) < 4.78 is 21.1. The number of nitrogens with one attached hydrogen (secondary N) is 1. The maximum absolute atomic E-state index is 10.9. The summed E-state index contributed by atoms with van der Waals surface area (Å²) in [6, 6.07) is 0. The number of primary sulfonamides is 1. The molecule has 0 aromatic carbocycles. The molecule has 0 heterocycles. The van der Waals surface area contributed by atoms with Gasteiger partial charge < -0.3 is 11.1 Å². The summed E-state index contributed by atoms with van der Waals surface area (Å²) in [6.45, 7) is 3.91. The molecule has 14 heavy (non-hydrogen) atoms. The fourth-order valence-electron chi connectivity index (χ4n) is 0.702. The van der Waals surface area contributed by atoms with Gasteiger partial charge in [-0.25, -0.2) is 13.6 Å². The van der Waals surface area contributed by atoms with Gasteiger partial charge in [0.05, 0.1) is 11.2 Å². The standard InChI is InChI=1S/C7H17N3O3S/c1-7(2,6(8)11)5-10-3-4-14(9,12)13/h10H,3-5H2,1-2H3,(H2,8,11)(H2,9,12,13). The van der Waals surface area contributed by atoms with E-state index in [1.54, 1.807) is 13.8 Å². The number of amides is 1. The zero-order valence-corrected chi connectivity index (χ0v) is 9.23. The van der Waals surface area contributed by atoms with Crippen LogP contribution in [0.2, 0.25) is 0 Å². The fourth-order valence-corrected chi connectivity index (χ4v) is 1.13. The number of carbonyl (C=O) groups excluding carboxylic acids is 1. The Kier molecular flexibility index (Phi) is 4.50. The van der Waals surface area contributed by atoms with E-state index in [-0.39, 0.29) is 12.3 Å². The Hall–Kier alpha value is -0.660. The summed E-state index contributed by atoms with van der Waals surface area (Å²) in [5.41, 5.74) is 4.43. The van der Waals surface area contributed by atoms with Gasteiger partial charge in [-0.2, -0.15) is 0 Å². The summed E-state index contributed by atoms with van der Waals surface area (Å²) in [5.74, 6) is -0.581. The first-order valence-electron chi connectivity index (χ1n) is 4.16. The zero-order chi connectivity index (χ0) is 11.4. The largest absolute Gasteiger partial charge is 0.369 e. The fraction of sp³-hybridized carbons (Fsp3) is 0.857. The van der Waals surface area contributed by atoms with Gasteiger partial charge in [-0.05, 0) is 13.8 Å². The van der Waals surface area contributed by atoms with Crippen molar-refractivity contribution in [1.82, 2.24) is 5.32 Å². The lowest BCUT2D eigenvalue weighted by Gasteiger charge is -2.20. The van der Waals surface area contributed by atoms with Crippen molar-refractivity contribution in [1.29, 1.82) is 0 Å². The molecule has 0 aliphatic carbocycles. The maximum Gasteiger partial charge on any atom is 0.224 e. The molecule has 0 aromatic rings. The Morgan fingerprint density at radius 3 is 2.29 bits per heavy atom. The molecule has 84 valence electrons. The second kappa shape index (κ2) is 4.72. The summed E-state index contributed by atoms with van der Waals surface area (Å²) in [7, 11) is -3.44. The molecule has 0 aromatic heterocycles. The lowest BCUT2D eigenvalue weighted by Crippen LogP contribution is -2.41. The summed E-state index contributed by atoms with van der Waals surface area (Å²) >= 11 is 0. The second-order valence-electron chi connectivity index (χ2n) is 3.79. The molecule has 6 nitrogen and oxygen atoms in total. The molecule has 0 radical (unpaired) electrons. The van der Waals surface area contributed by atoms with Crippen LogP contribution in [0.3, 0.4) is 0 Å². The highest BCUT2D eigenvalue weighted by Gasteiger charge is 2.24. The third kappa shape index (κ3) is 5.90. The van der Waals surface area contributed by atoms with Crippen LogP contribution in [0.1, 0.15) is 13.8 Å². The van der Waals surface area contributed by atoms with E-state index in [1.807, 2.05) is 0 Å². The van der Waals surface area contributed by atoms with E-state index in [0.717, 1.165) is 0 Å². The minimum atomic E-state index is -3.44. The summed E-state index contributed by atoms with van der Waals surface area (Å²) in [4.78, 5) is 10.9. The van der Waals surface area contributed by atoms with Gasteiger partial charge in [-0.15, -0.1) is 0 Å². The van der Waals surface area contributed by atoms with E-state index in [4.69, 9.17) is 10.9 Å². The molecule has 5 N–H and O–H groups in total. The van der Waals surface area contributed by atoms with Gasteiger partial charge in [0.15, 0.2) is 0 Å². The molecule has 0 atom stereocenters. The first-order valence-corrected chi connectivity index (χ1v) is 5.88. The van der Waals surface area contributed by atoms with Gasteiger partial charge in [0.2, 0.25) is 15.9 Å². The smallest absolute Gasteiger partial charge is 0.224 e. The Labute approximate surface area is 84.1 Å². The average molecular weight is 223 g/mol. The van der Waals surface area contributed by atoms with Gasteiger partial charge in [0.1, 0.15) is 0 Å². The Bertz CT molecular complexity index is 297. The van der Waals surface area contributed by atoms with Crippen molar-refractivity contribution < 1.29 is 13.2 Å². The lowest BCUT2D eigenvalue weighted by atomic mass is 9.93. The van der Waals surface area contributed by atoms with Crippen molar-refractivity contribution in [3.8, 4) is 0 Å². The highest BCUT2D eigenvalue weighted by Crippen LogP contribution is 2.11. The molecule has 0 saturated carbocycles. The molecule has 1 amide bonds. The molecule has 0 aliphatic heterocycles. The Balaban J connectivity index is 3.81. The van der Waals surface area contributed by atoms with Gasteiger partial charge in [-0.3, -0.25) is 4.79 Å². The molecular weight excluding hydrogens is 206 g/mol. The van der Waals surface area contributed by atoms with E-state index in [1.165, 1.54) is 0 Å². The van der Waals surface area contributed by atoms with Gasteiger partial charge in [0.25, 0.3) is 0 Å². The monoisotopic (exact) mass is 223 g/mol. The number of carbonyl (C=O) groups is 1. The van der Waals surface area contributed by atoms with Crippen LogP contribution >= 0.6 is 0 Å². The predicted molar refractivity (Wildman–Crippen MR) is 53.8 cm³/mol. The number of nitrogens with two attached hydrogens (primary N) is 2. The minimum Gasteiger partial charge on any atom is -0.369 e. The maximum atomic E-state index is 10.9. The van der Waals surface area contributed by atoms with E-state index in [9.17, 15) is 13.2 Å². The SMILES string of the molecule is CC(C)(CNCCS(N)(=O)=O)C(N)=O. The molecule has 0 rings (SSSR count). The highest BCUT2D eigenvalue weighted by molar-refractivity contribution is 7.89. The average Bonchev–Trinajstić information content (AvgIpc) is 1.96. The third-order valence-electron chi connectivity index (χ3n) is 1.80. The number of primary amides is 1. The normalized spacial score (nSPS) is 12.8. The van der Waals surface area contributed by atoms with Crippen LogP contribution in [0.5, 0.6) is 0 Å². The van der Waals surface area contributed by atoms with Crippen LogP contribution in [0.15, 0.2) is 0 Å². The number of hydrogen-bond acceptors (Lipinski definition) is 4. The summed E-state index contributed by atoms with van der Waals surface area (Å²) in [6.07, 6.45) is 0. The number of sulfonamides is 1. The van der Waals surface area contributed by atoms with Crippen LogP contribution in [-0.4, -0.2) is 33.2 Å². The zero-order valence-electron chi connectivity index (χ0n) is 8.41. The summed E-state index contributed by atoms with van der Waals surface area (Å²) in [5, 5.41) is 7.59.